The minimum absolute atomic E-state index is 0.104. The standard InChI is InChI=1S/C23H19ClN2O3S/c24-17-11-9-15(10-12-17)20(27)13-25-22(28)18-6-2-1-5-16(18)14-30-23-26-19-7-3-4-8-21(19)29-23/h1-12,20,27H,13-14H2,(H,25,28). The zero-order valence-corrected chi connectivity index (χ0v) is 17.5. The lowest BCUT2D eigenvalue weighted by Gasteiger charge is -2.14. The van der Waals surface area contributed by atoms with Crippen molar-refractivity contribution < 1.29 is 14.3 Å². The molecule has 0 aliphatic carbocycles. The van der Waals surface area contributed by atoms with Crippen LogP contribution in [0, 0.1) is 0 Å². The van der Waals surface area contributed by atoms with Gasteiger partial charge < -0.3 is 14.8 Å². The Morgan fingerprint density at radius 2 is 1.80 bits per heavy atom. The quantitative estimate of drug-likeness (QED) is 0.386. The monoisotopic (exact) mass is 438 g/mol. The van der Waals surface area contributed by atoms with E-state index in [1.807, 2.05) is 42.5 Å². The van der Waals surface area contributed by atoms with Crippen molar-refractivity contribution >= 4 is 40.4 Å². The summed E-state index contributed by atoms with van der Waals surface area (Å²) in [7, 11) is 0. The molecule has 152 valence electrons. The van der Waals surface area contributed by atoms with E-state index in [4.69, 9.17) is 16.0 Å². The first-order valence-corrected chi connectivity index (χ1v) is 10.7. The van der Waals surface area contributed by atoms with Crippen LogP contribution in [0.5, 0.6) is 0 Å². The Hall–Kier alpha value is -2.80. The fraction of sp³-hybridized carbons (Fsp3) is 0.130. The number of nitrogens with one attached hydrogen (secondary N) is 1. The van der Waals surface area contributed by atoms with Gasteiger partial charge in [0.15, 0.2) is 5.58 Å². The number of thioether (sulfide) groups is 1. The van der Waals surface area contributed by atoms with Crippen LogP contribution >= 0.6 is 23.4 Å². The molecule has 1 aromatic heterocycles. The Kier molecular flexibility index (Phi) is 6.38. The maximum absolute atomic E-state index is 12.7. The van der Waals surface area contributed by atoms with E-state index in [9.17, 15) is 9.90 Å². The van der Waals surface area contributed by atoms with Crippen LogP contribution < -0.4 is 5.32 Å². The molecular weight excluding hydrogens is 420 g/mol. The summed E-state index contributed by atoms with van der Waals surface area (Å²) >= 11 is 7.31. The zero-order valence-electron chi connectivity index (χ0n) is 15.9. The van der Waals surface area contributed by atoms with E-state index in [-0.39, 0.29) is 12.5 Å². The Labute approximate surface area is 183 Å². The second-order valence-corrected chi connectivity index (χ2v) is 8.03. The van der Waals surface area contributed by atoms with Gasteiger partial charge >= 0.3 is 0 Å². The normalized spacial score (nSPS) is 12.1. The number of oxazole rings is 1. The molecule has 0 saturated heterocycles. The first-order valence-electron chi connectivity index (χ1n) is 9.38. The number of fused-ring (bicyclic) bond motifs is 1. The molecule has 4 aromatic rings. The second kappa shape index (κ2) is 9.34. The Morgan fingerprint density at radius 1 is 1.07 bits per heavy atom. The van der Waals surface area contributed by atoms with Crippen LogP contribution in [0.3, 0.4) is 0 Å². The maximum atomic E-state index is 12.7. The highest BCUT2D eigenvalue weighted by Gasteiger charge is 2.15. The Bertz CT molecular complexity index is 1130. The summed E-state index contributed by atoms with van der Waals surface area (Å²) in [6, 6.07) is 21.9. The van der Waals surface area contributed by atoms with Crippen molar-refractivity contribution in [1.82, 2.24) is 10.3 Å². The molecule has 0 aliphatic heterocycles. The molecule has 0 fully saturated rings. The molecule has 7 heteroatoms. The summed E-state index contributed by atoms with van der Waals surface area (Å²) in [5, 5.41) is 14.3. The van der Waals surface area contributed by atoms with E-state index in [1.165, 1.54) is 11.8 Å². The lowest BCUT2D eigenvalue weighted by molar-refractivity contribution is 0.0915. The first kappa shape index (κ1) is 20.5. The summed E-state index contributed by atoms with van der Waals surface area (Å²) in [6.45, 7) is 0.104. The highest BCUT2D eigenvalue weighted by Crippen LogP contribution is 2.27. The molecule has 5 nitrogen and oxygen atoms in total. The molecule has 0 saturated carbocycles. The fourth-order valence-corrected chi connectivity index (χ4v) is 3.98. The molecule has 1 amide bonds. The molecular formula is C23H19ClN2O3S. The number of nitrogens with zero attached hydrogens (tertiary/aromatic N) is 1. The summed E-state index contributed by atoms with van der Waals surface area (Å²) in [5.74, 6) is 0.299. The number of hydrogen-bond acceptors (Lipinski definition) is 5. The van der Waals surface area contributed by atoms with Crippen LogP contribution in [0.2, 0.25) is 5.02 Å². The second-order valence-electron chi connectivity index (χ2n) is 6.67. The predicted octanol–water partition coefficient (Wildman–Crippen LogP) is 5.24. The molecule has 1 atom stereocenters. The van der Waals surface area contributed by atoms with Gasteiger partial charge in [0, 0.05) is 22.9 Å². The summed E-state index contributed by atoms with van der Waals surface area (Å²) in [6.07, 6.45) is -0.812. The number of aliphatic hydroxyl groups is 1. The number of aliphatic hydroxyl groups excluding tert-OH is 1. The van der Waals surface area contributed by atoms with Crippen molar-refractivity contribution in [3.63, 3.8) is 0 Å². The van der Waals surface area contributed by atoms with Gasteiger partial charge in [0.1, 0.15) is 5.52 Å². The highest BCUT2D eigenvalue weighted by molar-refractivity contribution is 7.98. The predicted molar refractivity (Wildman–Crippen MR) is 119 cm³/mol. The van der Waals surface area contributed by atoms with Crippen molar-refractivity contribution in [3.8, 4) is 0 Å². The van der Waals surface area contributed by atoms with E-state index >= 15 is 0 Å². The average Bonchev–Trinajstić information content (AvgIpc) is 3.19. The van der Waals surface area contributed by atoms with Gasteiger partial charge in [-0.3, -0.25) is 4.79 Å². The molecule has 0 bridgehead atoms. The van der Waals surface area contributed by atoms with Gasteiger partial charge in [0.25, 0.3) is 11.1 Å². The van der Waals surface area contributed by atoms with Crippen molar-refractivity contribution in [2.45, 2.75) is 17.1 Å². The molecule has 1 unspecified atom stereocenters. The third kappa shape index (κ3) is 4.84. The Morgan fingerprint density at radius 3 is 2.60 bits per heavy atom. The average molecular weight is 439 g/mol. The molecule has 0 spiro atoms. The van der Waals surface area contributed by atoms with Crippen molar-refractivity contribution in [1.29, 1.82) is 0 Å². The van der Waals surface area contributed by atoms with Crippen LogP contribution in [0.15, 0.2) is 82.4 Å². The lowest BCUT2D eigenvalue weighted by Crippen LogP contribution is -2.29. The smallest absolute Gasteiger partial charge is 0.257 e. The highest BCUT2D eigenvalue weighted by atomic mass is 35.5. The molecule has 1 heterocycles. The van der Waals surface area contributed by atoms with Gasteiger partial charge in [-0.1, -0.05) is 65.8 Å². The fourth-order valence-electron chi connectivity index (χ4n) is 3.01. The lowest BCUT2D eigenvalue weighted by atomic mass is 10.1. The number of hydrogen-bond donors (Lipinski definition) is 2. The topological polar surface area (TPSA) is 75.4 Å². The summed E-state index contributed by atoms with van der Waals surface area (Å²) in [5.41, 5.74) is 3.66. The van der Waals surface area contributed by atoms with Gasteiger partial charge in [-0.25, -0.2) is 4.98 Å². The van der Waals surface area contributed by atoms with E-state index in [0.717, 1.165) is 16.7 Å². The first-order chi connectivity index (χ1) is 14.6. The van der Waals surface area contributed by atoms with Gasteiger partial charge in [0.05, 0.1) is 6.10 Å². The van der Waals surface area contributed by atoms with Gasteiger partial charge in [0.2, 0.25) is 0 Å². The number of carbonyl (C=O) groups excluding carboxylic acids is 1. The number of carbonyl (C=O) groups is 1. The number of amides is 1. The molecule has 2 N–H and O–H groups in total. The van der Waals surface area contributed by atoms with E-state index < -0.39 is 6.10 Å². The van der Waals surface area contributed by atoms with E-state index in [0.29, 0.717) is 27.1 Å². The summed E-state index contributed by atoms with van der Waals surface area (Å²) < 4.78 is 5.74. The molecule has 0 aliphatic rings. The largest absolute Gasteiger partial charge is 0.431 e. The number of benzene rings is 3. The summed E-state index contributed by atoms with van der Waals surface area (Å²) in [4.78, 5) is 17.2. The SMILES string of the molecule is O=C(NCC(O)c1ccc(Cl)cc1)c1ccccc1CSc1nc2ccccc2o1. The van der Waals surface area contributed by atoms with Crippen LogP contribution in [-0.4, -0.2) is 22.5 Å². The Balaban J connectivity index is 1.40. The van der Waals surface area contributed by atoms with Gasteiger partial charge in [-0.2, -0.15) is 0 Å². The van der Waals surface area contributed by atoms with E-state index in [1.54, 1.807) is 30.3 Å². The van der Waals surface area contributed by atoms with Crippen LogP contribution in [-0.2, 0) is 5.75 Å². The molecule has 0 radical (unpaired) electrons. The van der Waals surface area contributed by atoms with Crippen molar-refractivity contribution in [2.75, 3.05) is 6.54 Å². The maximum Gasteiger partial charge on any atom is 0.257 e. The van der Waals surface area contributed by atoms with Crippen LogP contribution in [0.1, 0.15) is 27.6 Å². The molecule has 4 rings (SSSR count). The number of rotatable bonds is 7. The van der Waals surface area contributed by atoms with Crippen LogP contribution in [0.4, 0.5) is 0 Å². The third-order valence-corrected chi connectivity index (χ3v) is 5.73. The zero-order chi connectivity index (χ0) is 20.9. The van der Waals surface area contributed by atoms with Gasteiger partial charge in [-0.05, 0) is 41.5 Å². The number of halogens is 1. The van der Waals surface area contributed by atoms with Gasteiger partial charge in [-0.15, -0.1) is 0 Å². The number of aromatic nitrogens is 1. The van der Waals surface area contributed by atoms with Crippen LogP contribution in [0.25, 0.3) is 11.1 Å². The van der Waals surface area contributed by atoms with Crippen molar-refractivity contribution in [2.24, 2.45) is 0 Å². The number of para-hydroxylation sites is 2. The minimum Gasteiger partial charge on any atom is -0.431 e. The van der Waals surface area contributed by atoms with Crippen molar-refractivity contribution in [3.05, 3.63) is 94.5 Å². The third-order valence-electron chi connectivity index (χ3n) is 4.60. The molecule has 30 heavy (non-hydrogen) atoms. The van der Waals surface area contributed by atoms with E-state index in [2.05, 4.69) is 10.3 Å². The minimum atomic E-state index is -0.812. The molecule has 3 aromatic carbocycles.